The molecule has 7 nitrogen and oxygen atoms in total. The molecule has 0 unspecified atom stereocenters. The van der Waals surface area contributed by atoms with E-state index in [1.165, 1.54) is 12.1 Å². The summed E-state index contributed by atoms with van der Waals surface area (Å²) in [5.41, 5.74) is 0.184. The molecule has 0 saturated carbocycles. The van der Waals surface area contributed by atoms with Gasteiger partial charge in [-0.3, -0.25) is 14.9 Å². The molecular formula is C16H7Cl2N3O4. The Morgan fingerprint density at radius 2 is 1.92 bits per heavy atom. The lowest BCUT2D eigenvalue weighted by Gasteiger charge is -2.07. The van der Waals surface area contributed by atoms with Crippen molar-refractivity contribution in [3.05, 3.63) is 72.5 Å². The van der Waals surface area contributed by atoms with E-state index in [4.69, 9.17) is 27.6 Å². The van der Waals surface area contributed by atoms with Crippen LogP contribution in [-0.2, 0) is 0 Å². The Morgan fingerprint density at radius 1 is 1.16 bits per heavy atom. The zero-order chi connectivity index (χ0) is 18.1. The van der Waals surface area contributed by atoms with Gasteiger partial charge in [0.1, 0.15) is 22.3 Å². The van der Waals surface area contributed by atoms with Crippen LogP contribution in [0.5, 0.6) is 0 Å². The SMILES string of the molecule is N#Cc1c(-c2ccc([N+](=O)[O-])o2)cc(-c2ccc(Cl)c(Cl)c2)[nH]c1=O. The van der Waals surface area contributed by atoms with Crippen LogP contribution in [-0.4, -0.2) is 9.91 Å². The summed E-state index contributed by atoms with van der Waals surface area (Å²) in [6.45, 7) is 0. The van der Waals surface area contributed by atoms with Crippen LogP contribution in [0.1, 0.15) is 5.56 Å². The summed E-state index contributed by atoms with van der Waals surface area (Å²) in [5, 5.41) is 20.7. The van der Waals surface area contributed by atoms with Crippen LogP contribution in [0.2, 0.25) is 10.0 Å². The minimum atomic E-state index is -0.706. The summed E-state index contributed by atoms with van der Waals surface area (Å²) in [6, 6.07) is 10.5. The third kappa shape index (κ3) is 3.13. The Bertz CT molecular complexity index is 1100. The van der Waals surface area contributed by atoms with Crippen LogP contribution < -0.4 is 5.56 Å². The van der Waals surface area contributed by atoms with Crippen molar-refractivity contribution in [2.45, 2.75) is 0 Å². The van der Waals surface area contributed by atoms with Gasteiger partial charge in [-0.05, 0) is 29.8 Å². The highest BCUT2D eigenvalue weighted by Crippen LogP contribution is 2.32. The van der Waals surface area contributed by atoms with Crippen molar-refractivity contribution in [1.29, 1.82) is 5.26 Å². The number of pyridine rings is 1. The predicted molar refractivity (Wildman–Crippen MR) is 91.6 cm³/mol. The maximum absolute atomic E-state index is 12.2. The highest BCUT2D eigenvalue weighted by atomic mass is 35.5. The lowest BCUT2D eigenvalue weighted by molar-refractivity contribution is -0.401. The van der Waals surface area contributed by atoms with Crippen molar-refractivity contribution in [2.75, 3.05) is 0 Å². The number of nitriles is 1. The lowest BCUT2D eigenvalue weighted by atomic mass is 10.0. The molecule has 0 aliphatic heterocycles. The summed E-state index contributed by atoms with van der Waals surface area (Å²) in [5.74, 6) is -0.453. The molecule has 9 heteroatoms. The molecule has 0 radical (unpaired) electrons. The summed E-state index contributed by atoms with van der Waals surface area (Å²) in [6.07, 6.45) is 0. The Kier molecular flexibility index (Phi) is 4.31. The van der Waals surface area contributed by atoms with Crippen molar-refractivity contribution in [3.8, 4) is 28.7 Å². The molecule has 0 bridgehead atoms. The molecule has 0 spiro atoms. The second kappa shape index (κ2) is 6.43. The Balaban J connectivity index is 2.22. The van der Waals surface area contributed by atoms with E-state index >= 15 is 0 Å². The molecule has 0 fully saturated rings. The summed E-state index contributed by atoms with van der Waals surface area (Å²) < 4.78 is 5.11. The number of hydrogen-bond donors (Lipinski definition) is 1. The first-order valence-corrected chi connectivity index (χ1v) is 7.53. The van der Waals surface area contributed by atoms with E-state index < -0.39 is 16.4 Å². The summed E-state index contributed by atoms with van der Waals surface area (Å²) in [4.78, 5) is 24.9. The zero-order valence-corrected chi connectivity index (χ0v) is 13.8. The van der Waals surface area contributed by atoms with E-state index in [0.29, 0.717) is 21.3 Å². The minimum absolute atomic E-state index is 0.0376. The van der Waals surface area contributed by atoms with Gasteiger partial charge in [0.15, 0.2) is 0 Å². The van der Waals surface area contributed by atoms with E-state index in [2.05, 4.69) is 4.98 Å². The molecule has 1 aromatic carbocycles. The first kappa shape index (κ1) is 16.8. The maximum atomic E-state index is 12.2. The molecule has 0 aliphatic rings. The van der Waals surface area contributed by atoms with Crippen LogP contribution in [0.3, 0.4) is 0 Å². The second-order valence-electron chi connectivity index (χ2n) is 4.94. The normalized spacial score (nSPS) is 10.4. The van der Waals surface area contributed by atoms with Crippen LogP contribution in [0.15, 0.2) is 45.6 Å². The number of H-pyrrole nitrogens is 1. The fraction of sp³-hybridized carbons (Fsp3) is 0. The van der Waals surface area contributed by atoms with Gasteiger partial charge in [0.25, 0.3) is 5.56 Å². The van der Waals surface area contributed by atoms with E-state index in [9.17, 15) is 20.2 Å². The summed E-state index contributed by atoms with van der Waals surface area (Å²) >= 11 is 11.9. The monoisotopic (exact) mass is 375 g/mol. The van der Waals surface area contributed by atoms with Crippen LogP contribution in [0, 0.1) is 21.4 Å². The van der Waals surface area contributed by atoms with Gasteiger partial charge >= 0.3 is 5.88 Å². The maximum Gasteiger partial charge on any atom is 0.433 e. The smallest absolute Gasteiger partial charge is 0.401 e. The van der Waals surface area contributed by atoms with Crippen LogP contribution in [0.4, 0.5) is 5.88 Å². The van der Waals surface area contributed by atoms with Gasteiger partial charge in [0.2, 0.25) is 0 Å². The molecule has 0 saturated heterocycles. The number of nitrogens with one attached hydrogen (secondary N) is 1. The Hall–Kier alpha value is -3.08. The van der Waals surface area contributed by atoms with E-state index in [-0.39, 0.29) is 16.9 Å². The largest absolute Gasteiger partial charge is 0.433 e. The first-order valence-electron chi connectivity index (χ1n) is 6.78. The first-order chi connectivity index (χ1) is 11.9. The highest BCUT2D eigenvalue weighted by Gasteiger charge is 2.19. The number of rotatable bonds is 3. The topological polar surface area (TPSA) is 113 Å². The van der Waals surface area contributed by atoms with Gasteiger partial charge < -0.3 is 9.40 Å². The van der Waals surface area contributed by atoms with Gasteiger partial charge in [-0.2, -0.15) is 5.26 Å². The number of aromatic amines is 1. The van der Waals surface area contributed by atoms with Gasteiger partial charge in [0.05, 0.1) is 16.1 Å². The van der Waals surface area contributed by atoms with Gasteiger partial charge in [-0.1, -0.05) is 29.3 Å². The standard InChI is InChI=1S/C16H7Cl2N3O4/c17-11-2-1-8(5-12(11)18)13-6-9(10(7-19)16(22)20-13)14-3-4-15(25-14)21(23)24/h1-6H,(H,20,22). The molecule has 3 aromatic rings. The fourth-order valence-electron chi connectivity index (χ4n) is 2.25. The molecule has 0 amide bonds. The zero-order valence-electron chi connectivity index (χ0n) is 12.2. The Labute approximate surface area is 150 Å². The van der Waals surface area contributed by atoms with Gasteiger partial charge in [-0.25, -0.2) is 0 Å². The third-order valence-corrected chi connectivity index (χ3v) is 4.15. The number of halogens is 2. The number of hydrogen-bond acceptors (Lipinski definition) is 5. The van der Waals surface area contributed by atoms with Gasteiger partial charge in [-0.15, -0.1) is 0 Å². The van der Waals surface area contributed by atoms with Crippen LogP contribution >= 0.6 is 23.2 Å². The number of nitro groups is 1. The predicted octanol–water partition coefficient (Wildman–Crippen LogP) is 4.39. The number of nitrogens with zero attached hydrogens (tertiary/aromatic N) is 2. The molecule has 0 atom stereocenters. The molecule has 0 aliphatic carbocycles. The fourth-order valence-corrected chi connectivity index (χ4v) is 2.55. The lowest BCUT2D eigenvalue weighted by Crippen LogP contribution is -2.12. The van der Waals surface area contributed by atoms with E-state index in [0.717, 1.165) is 6.07 Å². The molecule has 2 heterocycles. The van der Waals surface area contributed by atoms with Crippen molar-refractivity contribution in [2.24, 2.45) is 0 Å². The van der Waals surface area contributed by atoms with Crippen molar-refractivity contribution in [1.82, 2.24) is 4.98 Å². The Morgan fingerprint density at radius 3 is 2.52 bits per heavy atom. The molecule has 124 valence electrons. The number of aromatic nitrogens is 1. The average Bonchev–Trinajstić information content (AvgIpc) is 3.07. The third-order valence-electron chi connectivity index (χ3n) is 3.41. The quantitative estimate of drug-likeness (QED) is 0.538. The van der Waals surface area contributed by atoms with Crippen LogP contribution in [0.25, 0.3) is 22.6 Å². The highest BCUT2D eigenvalue weighted by molar-refractivity contribution is 6.42. The summed E-state index contributed by atoms with van der Waals surface area (Å²) in [7, 11) is 0. The molecular weight excluding hydrogens is 369 g/mol. The van der Waals surface area contributed by atoms with Crippen molar-refractivity contribution >= 4 is 29.1 Å². The molecule has 25 heavy (non-hydrogen) atoms. The minimum Gasteiger partial charge on any atom is -0.401 e. The van der Waals surface area contributed by atoms with Crippen molar-refractivity contribution < 1.29 is 9.34 Å². The number of furan rings is 1. The van der Waals surface area contributed by atoms with Gasteiger partial charge in [0, 0.05) is 11.3 Å². The average molecular weight is 376 g/mol. The molecule has 2 aromatic heterocycles. The van der Waals surface area contributed by atoms with E-state index in [1.54, 1.807) is 24.3 Å². The van der Waals surface area contributed by atoms with Crippen molar-refractivity contribution in [3.63, 3.8) is 0 Å². The van der Waals surface area contributed by atoms with E-state index in [1.807, 2.05) is 0 Å². The molecule has 1 N–H and O–H groups in total. The molecule has 3 rings (SSSR count). The second-order valence-corrected chi connectivity index (χ2v) is 5.75. The number of benzene rings is 1.